The van der Waals surface area contributed by atoms with Gasteiger partial charge in [0.15, 0.2) is 0 Å². The molecule has 0 bridgehead atoms. The Morgan fingerprint density at radius 3 is 2.06 bits per heavy atom. The average Bonchev–Trinajstić information content (AvgIpc) is 2.21. The molecule has 0 radical (unpaired) electrons. The lowest BCUT2D eigenvalue weighted by Gasteiger charge is -2.28. The Bertz CT molecular complexity index is 300. The van der Waals surface area contributed by atoms with Crippen molar-refractivity contribution in [2.24, 2.45) is 11.8 Å². The van der Waals surface area contributed by atoms with Crippen LogP contribution in [0.4, 0.5) is 0 Å². The highest BCUT2D eigenvalue weighted by molar-refractivity contribution is 5.29. The first-order valence-corrected chi connectivity index (χ1v) is 6.35. The van der Waals surface area contributed by atoms with Crippen LogP contribution >= 0.6 is 0 Å². The predicted octanol–water partition coefficient (Wildman–Crippen LogP) is 4.57. The summed E-state index contributed by atoms with van der Waals surface area (Å²) in [5.74, 6) is 2.30. The zero-order valence-electron chi connectivity index (χ0n) is 10.9. The Labute approximate surface area is 99.5 Å². The molecule has 0 aliphatic carbocycles. The Hall–Kier alpha value is -0.980. The lowest BCUT2D eigenvalue weighted by atomic mass is 9.77. The van der Waals surface area contributed by atoms with E-state index in [4.69, 9.17) is 0 Å². The van der Waals surface area contributed by atoms with Crippen LogP contribution in [0.3, 0.4) is 0 Å². The van der Waals surface area contributed by atoms with Crippen LogP contribution < -0.4 is 0 Å². The molecule has 1 N–H and O–H groups in total. The number of hydrogen-bond donors (Lipinski definition) is 1. The maximum Gasteiger partial charge on any atom is 0.115 e. The van der Waals surface area contributed by atoms with E-state index in [2.05, 4.69) is 39.8 Å². The second-order valence-electron chi connectivity index (χ2n) is 5.13. The molecule has 0 amide bonds. The van der Waals surface area contributed by atoms with E-state index < -0.39 is 0 Å². The number of benzene rings is 1. The topological polar surface area (TPSA) is 20.2 Å². The summed E-state index contributed by atoms with van der Waals surface area (Å²) in [6.45, 7) is 9.14. The van der Waals surface area contributed by atoms with Gasteiger partial charge in [0.2, 0.25) is 0 Å². The average molecular weight is 220 g/mol. The monoisotopic (exact) mass is 220 g/mol. The summed E-state index contributed by atoms with van der Waals surface area (Å²) in [6, 6.07) is 7.71. The van der Waals surface area contributed by atoms with Crippen LogP contribution in [0.2, 0.25) is 0 Å². The molecule has 0 heterocycles. The zero-order valence-corrected chi connectivity index (χ0v) is 10.9. The van der Waals surface area contributed by atoms with E-state index >= 15 is 0 Å². The molecule has 16 heavy (non-hydrogen) atoms. The second-order valence-corrected chi connectivity index (χ2v) is 5.13. The van der Waals surface area contributed by atoms with E-state index in [1.54, 1.807) is 12.1 Å². The molecule has 90 valence electrons. The summed E-state index contributed by atoms with van der Waals surface area (Å²) in [4.78, 5) is 0. The summed E-state index contributed by atoms with van der Waals surface area (Å²) in [7, 11) is 0. The second kappa shape index (κ2) is 5.93. The summed E-state index contributed by atoms with van der Waals surface area (Å²) < 4.78 is 0. The van der Waals surface area contributed by atoms with Gasteiger partial charge in [-0.15, -0.1) is 0 Å². The number of rotatable bonds is 5. The minimum atomic E-state index is 0.356. The van der Waals surface area contributed by atoms with Crippen molar-refractivity contribution in [3.05, 3.63) is 29.8 Å². The van der Waals surface area contributed by atoms with Gasteiger partial charge in [-0.25, -0.2) is 0 Å². The first-order valence-electron chi connectivity index (χ1n) is 6.35. The third-order valence-corrected chi connectivity index (χ3v) is 3.35. The van der Waals surface area contributed by atoms with Crippen molar-refractivity contribution in [2.45, 2.75) is 46.5 Å². The fourth-order valence-corrected chi connectivity index (χ4v) is 2.70. The number of phenolic OH excluding ortho intramolecular Hbond substituents is 1. The number of phenols is 1. The van der Waals surface area contributed by atoms with Gasteiger partial charge in [0.05, 0.1) is 0 Å². The lowest BCUT2D eigenvalue weighted by molar-refractivity contribution is 0.343. The smallest absolute Gasteiger partial charge is 0.115 e. The molecule has 0 spiro atoms. The summed E-state index contributed by atoms with van der Waals surface area (Å²) >= 11 is 0. The van der Waals surface area contributed by atoms with E-state index in [1.807, 2.05) is 0 Å². The minimum absolute atomic E-state index is 0.356. The minimum Gasteiger partial charge on any atom is -0.508 e. The molecule has 0 unspecified atom stereocenters. The lowest BCUT2D eigenvalue weighted by Crippen LogP contribution is -2.15. The van der Waals surface area contributed by atoms with Gasteiger partial charge in [0.1, 0.15) is 5.75 Å². The van der Waals surface area contributed by atoms with Gasteiger partial charge < -0.3 is 5.11 Å². The molecule has 1 aromatic rings. The van der Waals surface area contributed by atoms with Crippen molar-refractivity contribution in [2.75, 3.05) is 0 Å². The van der Waals surface area contributed by atoms with Crippen LogP contribution in [0.15, 0.2) is 24.3 Å². The van der Waals surface area contributed by atoms with Gasteiger partial charge in [-0.2, -0.15) is 0 Å². The van der Waals surface area contributed by atoms with Crippen molar-refractivity contribution in [3.63, 3.8) is 0 Å². The quantitative estimate of drug-likeness (QED) is 0.770. The molecule has 1 heteroatoms. The van der Waals surface area contributed by atoms with Gasteiger partial charge in [0, 0.05) is 0 Å². The maximum absolute atomic E-state index is 9.32. The SMILES string of the molecule is CCC[C@H](C)[C@H](c1ccc(O)cc1)C(C)C. The van der Waals surface area contributed by atoms with Gasteiger partial charge in [0.25, 0.3) is 0 Å². The molecule has 2 atom stereocenters. The fourth-order valence-electron chi connectivity index (χ4n) is 2.70. The van der Waals surface area contributed by atoms with Crippen molar-refractivity contribution >= 4 is 0 Å². The summed E-state index contributed by atoms with van der Waals surface area (Å²) in [5, 5.41) is 9.32. The Morgan fingerprint density at radius 2 is 1.62 bits per heavy atom. The van der Waals surface area contributed by atoms with Crippen LogP contribution in [-0.4, -0.2) is 5.11 Å². The van der Waals surface area contributed by atoms with E-state index in [0.717, 1.165) is 0 Å². The van der Waals surface area contributed by atoms with Crippen LogP contribution in [0.1, 0.15) is 52.0 Å². The van der Waals surface area contributed by atoms with E-state index in [9.17, 15) is 5.11 Å². The highest BCUT2D eigenvalue weighted by atomic mass is 16.3. The van der Waals surface area contributed by atoms with Crippen LogP contribution in [0, 0.1) is 11.8 Å². The third-order valence-electron chi connectivity index (χ3n) is 3.35. The number of hydrogen-bond acceptors (Lipinski definition) is 1. The Balaban J connectivity index is 2.89. The van der Waals surface area contributed by atoms with Gasteiger partial charge >= 0.3 is 0 Å². The van der Waals surface area contributed by atoms with Crippen molar-refractivity contribution < 1.29 is 5.11 Å². The normalized spacial score (nSPS) is 15.1. The molecule has 0 aromatic heterocycles. The van der Waals surface area contributed by atoms with Crippen LogP contribution in [0.5, 0.6) is 5.75 Å². The highest BCUT2D eigenvalue weighted by Gasteiger charge is 2.21. The van der Waals surface area contributed by atoms with Gasteiger partial charge in [-0.3, -0.25) is 0 Å². The largest absolute Gasteiger partial charge is 0.508 e. The molecular weight excluding hydrogens is 196 g/mol. The van der Waals surface area contributed by atoms with Crippen molar-refractivity contribution in [1.82, 2.24) is 0 Å². The molecule has 1 rings (SSSR count). The predicted molar refractivity (Wildman–Crippen MR) is 69.8 cm³/mol. The van der Waals surface area contributed by atoms with Gasteiger partial charge in [-0.05, 0) is 35.4 Å². The molecule has 0 saturated heterocycles. The summed E-state index contributed by atoms with van der Waals surface area (Å²) in [6.07, 6.45) is 2.51. The zero-order chi connectivity index (χ0) is 12.1. The van der Waals surface area contributed by atoms with E-state index in [-0.39, 0.29) is 0 Å². The van der Waals surface area contributed by atoms with Crippen molar-refractivity contribution in [3.8, 4) is 5.75 Å². The Kier molecular flexibility index (Phi) is 4.85. The third kappa shape index (κ3) is 3.26. The fraction of sp³-hybridized carbons (Fsp3) is 0.600. The van der Waals surface area contributed by atoms with Crippen molar-refractivity contribution in [1.29, 1.82) is 0 Å². The molecule has 1 aromatic carbocycles. The maximum atomic E-state index is 9.32. The molecule has 0 aliphatic heterocycles. The number of aromatic hydroxyl groups is 1. The first kappa shape index (κ1) is 13.1. The molecule has 1 nitrogen and oxygen atoms in total. The van der Waals surface area contributed by atoms with Crippen LogP contribution in [0.25, 0.3) is 0 Å². The summed E-state index contributed by atoms with van der Waals surface area (Å²) in [5.41, 5.74) is 1.36. The molecular formula is C15H24O. The van der Waals surface area contributed by atoms with E-state index in [0.29, 0.717) is 23.5 Å². The van der Waals surface area contributed by atoms with Gasteiger partial charge in [-0.1, -0.05) is 52.7 Å². The molecule has 0 aliphatic rings. The van der Waals surface area contributed by atoms with E-state index in [1.165, 1.54) is 18.4 Å². The molecule has 0 saturated carbocycles. The highest BCUT2D eigenvalue weighted by Crippen LogP contribution is 2.34. The standard InChI is InChI=1S/C15H24O/c1-5-6-12(4)15(11(2)3)13-7-9-14(16)10-8-13/h7-12,15-16H,5-6H2,1-4H3/t12-,15+/m0/s1. The van der Waals surface area contributed by atoms with Crippen LogP contribution in [-0.2, 0) is 0 Å². The Morgan fingerprint density at radius 1 is 1.06 bits per heavy atom. The molecule has 0 fully saturated rings. The first-order chi connectivity index (χ1) is 7.56.